The number of methoxy groups -OCH3 is 1. The summed E-state index contributed by atoms with van der Waals surface area (Å²) in [6.07, 6.45) is 2.29. The number of hydrogen-bond donors (Lipinski definition) is 3. The fraction of sp³-hybridized carbons (Fsp3) is 0.261. The van der Waals surface area contributed by atoms with Crippen LogP contribution in [0.4, 0.5) is 0 Å². The monoisotopic (exact) mass is 416 g/mol. The first kappa shape index (κ1) is 19.0. The molecule has 31 heavy (non-hydrogen) atoms. The number of aromatic amines is 2. The molecule has 2 aromatic heterocycles. The summed E-state index contributed by atoms with van der Waals surface area (Å²) >= 11 is 0. The fourth-order valence-electron chi connectivity index (χ4n) is 4.65. The molecule has 0 spiro atoms. The lowest BCUT2D eigenvalue weighted by Gasteiger charge is -2.22. The number of H-pyrrole nitrogens is 2. The largest absolute Gasteiger partial charge is 0.496 e. The third-order valence-electron chi connectivity index (χ3n) is 6.24. The highest BCUT2D eigenvalue weighted by atomic mass is 16.5. The lowest BCUT2D eigenvalue weighted by molar-refractivity contribution is -0.139. The van der Waals surface area contributed by atoms with Gasteiger partial charge in [-0.05, 0) is 55.2 Å². The summed E-state index contributed by atoms with van der Waals surface area (Å²) in [6, 6.07) is 10.2. The van der Waals surface area contributed by atoms with Crippen LogP contribution in [0.15, 0.2) is 41.3 Å². The summed E-state index contributed by atoms with van der Waals surface area (Å²) in [5.74, 6) is -1.08. The minimum Gasteiger partial charge on any atom is -0.496 e. The molecule has 8 nitrogen and oxygen atoms in total. The van der Waals surface area contributed by atoms with Gasteiger partial charge < -0.3 is 14.8 Å². The average molecular weight is 416 g/mol. The van der Waals surface area contributed by atoms with E-state index in [0.29, 0.717) is 28.6 Å². The molecule has 0 bridgehead atoms. The molecule has 3 unspecified atom stereocenters. The summed E-state index contributed by atoms with van der Waals surface area (Å²) in [7, 11) is 1.57. The Morgan fingerprint density at radius 3 is 2.81 bits per heavy atom. The van der Waals surface area contributed by atoms with Crippen molar-refractivity contribution in [3.63, 3.8) is 0 Å². The first-order valence-corrected chi connectivity index (χ1v) is 9.96. The number of aryl methyl sites for hydroxylation is 1. The zero-order valence-corrected chi connectivity index (χ0v) is 17.0. The summed E-state index contributed by atoms with van der Waals surface area (Å²) in [5, 5.41) is 23.3. The Labute approximate surface area is 176 Å². The molecule has 2 heterocycles. The highest BCUT2D eigenvalue weighted by Gasteiger charge is 2.51. The molecule has 3 atom stereocenters. The highest BCUT2D eigenvalue weighted by molar-refractivity contribution is 5.89. The van der Waals surface area contributed by atoms with E-state index in [2.05, 4.69) is 16.2 Å². The first-order chi connectivity index (χ1) is 14.9. The van der Waals surface area contributed by atoms with Gasteiger partial charge in [0.15, 0.2) is 0 Å². The van der Waals surface area contributed by atoms with Crippen LogP contribution in [0.25, 0.3) is 21.8 Å². The van der Waals surface area contributed by atoms with E-state index in [1.54, 1.807) is 25.3 Å². The molecule has 1 aliphatic carbocycles. The minimum absolute atomic E-state index is 0.270. The average Bonchev–Trinajstić information content (AvgIpc) is 3.28. The number of nitrogens with one attached hydrogen (secondary N) is 2. The number of rotatable bonds is 5. The third-order valence-corrected chi connectivity index (χ3v) is 6.24. The van der Waals surface area contributed by atoms with Crippen LogP contribution >= 0.6 is 0 Å². The van der Waals surface area contributed by atoms with Gasteiger partial charge in [0.1, 0.15) is 5.75 Å². The van der Waals surface area contributed by atoms with E-state index in [1.807, 2.05) is 25.3 Å². The van der Waals surface area contributed by atoms with Gasteiger partial charge in [0.2, 0.25) is 0 Å². The Balaban J connectivity index is 1.80. The standard InChI is InChI=1S/C23H20N4O4/c1-11-7-18(31-2)19(13-5-6-25-20(11)13)21(14-9-15(14)23(29)30)27-22(28)16-8-12(10-24)3-4-17(16)26-27/h3-8,14-15,21,25-26H,9H2,1-2H3,(H,29,30). The quantitative estimate of drug-likeness (QED) is 0.460. The van der Waals surface area contributed by atoms with Gasteiger partial charge in [0.05, 0.1) is 41.6 Å². The number of aromatic nitrogens is 3. The van der Waals surface area contributed by atoms with Crippen molar-refractivity contribution in [3.05, 3.63) is 63.6 Å². The van der Waals surface area contributed by atoms with Gasteiger partial charge in [-0.25, -0.2) is 4.68 Å². The van der Waals surface area contributed by atoms with Crippen molar-refractivity contribution in [3.8, 4) is 11.8 Å². The summed E-state index contributed by atoms with van der Waals surface area (Å²) in [6.45, 7) is 1.97. The predicted octanol–water partition coefficient (Wildman–Crippen LogP) is 3.31. The number of aliphatic carboxylic acids is 1. The second kappa shape index (κ2) is 6.77. The van der Waals surface area contributed by atoms with Crippen LogP contribution in [0, 0.1) is 30.1 Å². The van der Waals surface area contributed by atoms with Crippen molar-refractivity contribution in [1.29, 1.82) is 5.26 Å². The maximum absolute atomic E-state index is 13.4. The van der Waals surface area contributed by atoms with Crippen molar-refractivity contribution in [2.24, 2.45) is 11.8 Å². The summed E-state index contributed by atoms with van der Waals surface area (Å²) in [4.78, 5) is 28.3. The number of carbonyl (C=O) groups is 1. The Morgan fingerprint density at radius 2 is 2.13 bits per heavy atom. The van der Waals surface area contributed by atoms with E-state index in [4.69, 9.17) is 4.74 Å². The fourth-order valence-corrected chi connectivity index (χ4v) is 4.65. The van der Waals surface area contributed by atoms with Crippen molar-refractivity contribution >= 4 is 27.8 Å². The van der Waals surface area contributed by atoms with E-state index in [1.165, 1.54) is 4.68 Å². The highest BCUT2D eigenvalue weighted by Crippen LogP contribution is 2.52. The number of nitrogens with zero attached hydrogens (tertiary/aromatic N) is 2. The topological polar surface area (TPSA) is 124 Å². The Morgan fingerprint density at radius 1 is 1.32 bits per heavy atom. The molecule has 1 aliphatic rings. The first-order valence-electron chi connectivity index (χ1n) is 9.96. The number of fused-ring (bicyclic) bond motifs is 2. The van der Waals surface area contributed by atoms with E-state index >= 15 is 0 Å². The molecule has 0 radical (unpaired) electrons. The molecule has 3 N–H and O–H groups in total. The van der Waals surface area contributed by atoms with Crippen molar-refractivity contribution in [2.45, 2.75) is 19.4 Å². The van der Waals surface area contributed by atoms with Gasteiger partial charge in [-0.1, -0.05) is 0 Å². The number of nitriles is 1. The molecule has 156 valence electrons. The molecule has 2 aromatic carbocycles. The van der Waals surface area contributed by atoms with Gasteiger partial charge >= 0.3 is 5.97 Å². The molecule has 0 saturated heterocycles. The number of benzene rings is 2. The van der Waals surface area contributed by atoms with E-state index < -0.39 is 17.9 Å². The SMILES string of the molecule is COc1cc(C)c2[nH]ccc2c1C(C1CC1C(=O)O)n1[nH]c2ccc(C#N)cc2c1=O. The van der Waals surface area contributed by atoms with Crippen LogP contribution in [-0.4, -0.2) is 33.0 Å². The second-order valence-electron chi connectivity index (χ2n) is 8.02. The van der Waals surface area contributed by atoms with Crippen LogP contribution in [0.5, 0.6) is 5.75 Å². The molecule has 1 saturated carbocycles. The van der Waals surface area contributed by atoms with E-state index in [0.717, 1.165) is 22.0 Å². The lowest BCUT2D eigenvalue weighted by Crippen LogP contribution is -2.27. The maximum atomic E-state index is 13.4. The number of carboxylic acids is 1. The Kier molecular flexibility index (Phi) is 4.15. The second-order valence-corrected chi connectivity index (χ2v) is 8.02. The van der Waals surface area contributed by atoms with Gasteiger partial charge in [0.25, 0.3) is 5.56 Å². The molecule has 1 fully saturated rings. The number of hydrogen-bond acceptors (Lipinski definition) is 4. The Hall–Kier alpha value is -3.99. The molecule has 0 aliphatic heterocycles. The lowest BCUT2D eigenvalue weighted by atomic mass is 9.94. The Bertz CT molecular complexity index is 1450. The van der Waals surface area contributed by atoms with Crippen molar-refractivity contribution in [2.75, 3.05) is 7.11 Å². The van der Waals surface area contributed by atoms with Crippen LogP contribution in [0.3, 0.4) is 0 Å². The van der Waals surface area contributed by atoms with Gasteiger partial charge in [-0.3, -0.25) is 14.7 Å². The normalized spacial score (nSPS) is 18.7. The predicted molar refractivity (Wildman–Crippen MR) is 114 cm³/mol. The summed E-state index contributed by atoms with van der Waals surface area (Å²) < 4.78 is 7.20. The zero-order chi connectivity index (χ0) is 21.9. The van der Waals surface area contributed by atoms with E-state index in [9.17, 15) is 20.0 Å². The van der Waals surface area contributed by atoms with E-state index in [-0.39, 0.29) is 11.5 Å². The van der Waals surface area contributed by atoms with Crippen LogP contribution in [0.2, 0.25) is 0 Å². The molecule has 8 heteroatoms. The maximum Gasteiger partial charge on any atom is 0.306 e. The third kappa shape index (κ3) is 2.81. The molecule has 0 amide bonds. The zero-order valence-electron chi connectivity index (χ0n) is 17.0. The van der Waals surface area contributed by atoms with Crippen molar-refractivity contribution in [1.82, 2.24) is 14.8 Å². The minimum atomic E-state index is -0.873. The molecular weight excluding hydrogens is 396 g/mol. The van der Waals surface area contributed by atoms with Gasteiger partial charge in [0, 0.05) is 22.7 Å². The molecular formula is C23H20N4O4. The smallest absolute Gasteiger partial charge is 0.306 e. The summed E-state index contributed by atoms with van der Waals surface area (Å²) in [5.41, 5.74) is 3.38. The molecule has 4 aromatic rings. The number of carboxylic acid groups (broad SMARTS) is 1. The van der Waals surface area contributed by atoms with Gasteiger partial charge in [-0.15, -0.1) is 0 Å². The van der Waals surface area contributed by atoms with Crippen LogP contribution < -0.4 is 10.3 Å². The number of ether oxygens (including phenoxy) is 1. The van der Waals surface area contributed by atoms with Crippen molar-refractivity contribution < 1.29 is 14.6 Å². The van der Waals surface area contributed by atoms with Crippen LogP contribution in [-0.2, 0) is 4.79 Å². The van der Waals surface area contributed by atoms with Gasteiger partial charge in [-0.2, -0.15) is 5.26 Å². The van der Waals surface area contributed by atoms with Crippen LogP contribution in [0.1, 0.15) is 29.2 Å². The molecule has 5 rings (SSSR count).